The van der Waals surface area contributed by atoms with Gasteiger partial charge in [-0.2, -0.15) is 10.4 Å². The average Bonchev–Trinajstić information content (AvgIpc) is 3.41. The second kappa shape index (κ2) is 12.2. The smallest absolute Gasteiger partial charge is 0.271 e. The monoisotopic (exact) mass is 534 g/mol. The highest BCUT2D eigenvalue weighted by Gasteiger charge is 2.40. The van der Waals surface area contributed by atoms with Gasteiger partial charge in [0, 0.05) is 28.9 Å². The molecule has 0 N–H and O–H groups in total. The van der Waals surface area contributed by atoms with Gasteiger partial charge in [0.1, 0.15) is 23.1 Å². The quantitative estimate of drug-likeness (QED) is 0.184. The Morgan fingerprint density at radius 1 is 1.05 bits per heavy atom. The van der Waals surface area contributed by atoms with Crippen LogP contribution in [0.3, 0.4) is 0 Å². The fourth-order valence-electron chi connectivity index (χ4n) is 5.42. The molecule has 3 aromatic rings. The maximum absolute atomic E-state index is 13.9. The molecule has 0 unspecified atom stereocenters. The number of imide groups is 1. The van der Waals surface area contributed by atoms with Crippen LogP contribution in [0, 0.1) is 11.3 Å². The maximum atomic E-state index is 13.9. The number of hydrogen-bond donors (Lipinski definition) is 0. The molecular formula is C33H34N4O3. The Morgan fingerprint density at radius 2 is 1.82 bits per heavy atom. The van der Waals surface area contributed by atoms with Crippen molar-refractivity contribution in [1.29, 1.82) is 5.26 Å². The van der Waals surface area contributed by atoms with Crippen LogP contribution in [0.5, 0.6) is 5.75 Å². The summed E-state index contributed by atoms with van der Waals surface area (Å²) < 4.78 is 7.74. The summed E-state index contributed by atoms with van der Waals surface area (Å²) in [6.45, 7) is 4.44. The third-order valence-electron chi connectivity index (χ3n) is 7.65. The number of nitriles is 1. The number of nitrogens with zero attached hydrogens (tertiary/aromatic N) is 4. The molecule has 1 aliphatic carbocycles. The second-order valence-corrected chi connectivity index (χ2v) is 10.4. The first-order chi connectivity index (χ1) is 19.5. The molecule has 2 heterocycles. The zero-order chi connectivity index (χ0) is 28.1. The summed E-state index contributed by atoms with van der Waals surface area (Å²) in [5, 5.41) is 14.8. The van der Waals surface area contributed by atoms with Gasteiger partial charge in [-0.3, -0.25) is 14.5 Å². The molecule has 7 heteroatoms. The van der Waals surface area contributed by atoms with Gasteiger partial charge in [0.25, 0.3) is 11.8 Å². The van der Waals surface area contributed by atoms with E-state index in [4.69, 9.17) is 9.84 Å². The van der Waals surface area contributed by atoms with Gasteiger partial charge in [0.2, 0.25) is 0 Å². The third kappa shape index (κ3) is 5.48. The van der Waals surface area contributed by atoms with Crippen molar-refractivity contribution < 1.29 is 14.3 Å². The highest BCUT2D eigenvalue weighted by molar-refractivity contribution is 6.20. The van der Waals surface area contributed by atoms with Crippen molar-refractivity contribution in [2.45, 2.75) is 64.8 Å². The van der Waals surface area contributed by atoms with E-state index in [0.29, 0.717) is 29.0 Å². The largest absolute Gasteiger partial charge is 0.494 e. The topological polar surface area (TPSA) is 88.2 Å². The van der Waals surface area contributed by atoms with Crippen LogP contribution in [-0.4, -0.2) is 39.1 Å². The molecule has 7 nitrogen and oxygen atoms in total. The average molecular weight is 535 g/mol. The van der Waals surface area contributed by atoms with E-state index in [1.165, 1.54) is 4.90 Å². The van der Waals surface area contributed by atoms with Crippen molar-refractivity contribution in [2.24, 2.45) is 0 Å². The Kier molecular flexibility index (Phi) is 8.26. The van der Waals surface area contributed by atoms with Crippen molar-refractivity contribution in [1.82, 2.24) is 14.7 Å². The molecular weight excluding hydrogens is 500 g/mol. The molecule has 0 saturated heterocycles. The Labute approximate surface area is 235 Å². The van der Waals surface area contributed by atoms with Gasteiger partial charge in [0.05, 0.1) is 12.3 Å². The molecule has 1 fully saturated rings. The fourth-order valence-corrected chi connectivity index (χ4v) is 5.42. The summed E-state index contributed by atoms with van der Waals surface area (Å²) in [5.41, 5.74) is 3.90. The molecule has 2 aliphatic rings. The van der Waals surface area contributed by atoms with Crippen LogP contribution in [0.15, 0.2) is 77.5 Å². The SMILES string of the molecule is CCCCOc1cccc(-c2nn(-c3ccccc3)cc2/C=C2/C(=O)N(C3CCCCC3)C(=O)C(C#N)=C2C)c1. The number of rotatable bonds is 8. The summed E-state index contributed by atoms with van der Waals surface area (Å²) in [6.07, 6.45) is 10.2. The van der Waals surface area contributed by atoms with Crippen molar-refractivity contribution >= 4 is 17.9 Å². The molecule has 1 saturated carbocycles. The Hall–Kier alpha value is -4.44. The molecule has 2 aromatic carbocycles. The van der Waals surface area contributed by atoms with E-state index < -0.39 is 5.91 Å². The first-order valence-corrected chi connectivity index (χ1v) is 14.1. The number of ether oxygens (including phenoxy) is 1. The summed E-state index contributed by atoms with van der Waals surface area (Å²) in [4.78, 5) is 28.5. The van der Waals surface area contributed by atoms with E-state index in [2.05, 4.69) is 13.0 Å². The lowest BCUT2D eigenvalue weighted by Crippen LogP contribution is -2.49. The van der Waals surface area contributed by atoms with Gasteiger partial charge in [-0.25, -0.2) is 4.68 Å². The molecule has 0 atom stereocenters. The third-order valence-corrected chi connectivity index (χ3v) is 7.65. The highest BCUT2D eigenvalue weighted by atomic mass is 16.5. The predicted octanol–water partition coefficient (Wildman–Crippen LogP) is 6.64. The minimum atomic E-state index is -0.480. The summed E-state index contributed by atoms with van der Waals surface area (Å²) in [5.74, 6) is -0.0703. The van der Waals surface area contributed by atoms with Gasteiger partial charge in [0.15, 0.2) is 0 Å². The van der Waals surface area contributed by atoms with Crippen LogP contribution in [-0.2, 0) is 9.59 Å². The lowest BCUT2D eigenvalue weighted by Gasteiger charge is -2.36. The van der Waals surface area contributed by atoms with Crippen LogP contribution in [0.25, 0.3) is 23.0 Å². The van der Waals surface area contributed by atoms with Gasteiger partial charge < -0.3 is 4.74 Å². The normalized spacial score (nSPS) is 17.4. The molecule has 40 heavy (non-hydrogen) atoms. The van der Waals surface area contributed by atoms with E-state index in [1.807, 2.05) is 60.8 Å². The van der Waals surface area contributed by atoms with Gasteiger partial charge in [-0.05, 0) is 62.1 Å². The van der Waals surface area contributed by atoms with Crippen LogP contribution < -0.4 is 4.74 Å². The molecule has 0 radical (unpaired) electrons. The minimum absolute atomic E-state index is 0.0275. The molecule has 5 rings (SSSR count). The van der Waals surface area contributed by atoms with Crippen LogP contribution in [0.4, 0.5) is 0 Å². The van der Waals surface area contributed by atoms with E-state index in [9.17, 15) is 14.9 Å². The van der Waals surface area contributed by atoms with Crippen LogP contribution in [0.2, 0.25) is 0 Å². The summed E-state index contributed by atoms with van der Waals surface area (Å²) >= 11 is 0. The molecule has 2 amide bonds. The number of carbonyl (C=O) groups excluding carboxylic acids is 2. The van der Waals surface area contributed by atoms with Crippen LogP contribution in [0.1, 0.15) is 64.4 Å². The number of unbranched alkanes of at least 4 members (excludes halogenated alkanes) is 1. The number of benzene rings is 2. The molecule has 204 valence electrons. The number of aromatic nitrogens is 2. The van der Waals surface area contributed by atoms with Crippen molar-refractivity contribution in [3.05, 3.63) is 83.1 Å². The standard InChI is InChI=1S/C33H34N4O3/c1-3-4-18-40-28-17-11-12-24(19-28)31-25(22-36(35-31)26-13-7-5-8-14-26)20-29-23(2)30(21-34)33(39)37(32(29)38)27-15-9-6-10-16-27/h5,7-8,11-14,17,19-20,22,27H,3-4,6,9-10,15-16,18H2,1-2H3/b29-20+. The van der Waals surface area contributed by atoms with E-state index >= 15 is 0 Å². The number of carbonyl (C=O) groups is 2. The summed E-state index contributed by atoms with van der Waals surface area (Å²) in [7, 11) is 0. The fraction of sp³-hybridized carbons (Fsp3) is 0.333. The van der Waals surface area contributed by atoms with Crippen LogP contribution >= 0.6 is 0 Å². The van der Waals surface area contributed by atoms with Gasteiger partial charge in [-0.15, -0.1) is 0 Å². The minimum Gasteiger partial charge on any atom is -0.494 e. The predicted molar refractivity (Wildman–Crippen MR) is 154 cm³/mol. The first kappa shape index (κ1) is 27.1. The number of para-hydroxylation sites is 1. The first-order valence-electron chi connectivity index (χ1n) is 14.1. The van der Waals surface area contributed by atoms with E-state index in [0.717, 1.165) is 61.9 Å². The second-order valence-electron chi connectivity index (χ2n) is 10.4. The Balaban J connectivity index is 1.62. The van der Waals surface area contributed by atoms with Gasteiger partial charge in [-0.1, -0.05) is 62.9 Å². The molecule has 1 aliphatic heterocycles. The number of hydrogen-bond acceptors (Lipinski definition) is 5. The van der Waals surface area contributed by atoms with Crippen molar-refractivity contribution in [3.8, 4) is 28.8 Å². The number of amides is 2. The lowest BCUT2D eigenvalue weighted by atomic mass is 9.88. The maximum Gasteiger partial charge on any atom is 0.271 e. The van der Waals surface area contributed by atoms with Crippen molar-refractivity contribution in [2.75, 3.05) is 6.61 Å². The Bertz CT molecular complexity index is 1500. The van der Waals surface area contributed by atoms with Crippen molar-refractivity contribution in [3.63, 3.8) is 0 Å². The molecule has 1 aromatic heterocycles. The van der Waals surface area contributed by atoms with E-state index in [-0.39, 0.29) is 17.5 Å². The van der Waals surface area contributed by atoms with Gasteiger partial charge >= 0.3 is 0 Å². The molecule has 0 bridgehead atoms. The zero-order valence-corrected chi connectivity index (χ0v) is 23.1. The highest BCUT2D eigenvalue weighted by Crippen LogP contribution is 2.35. The lowest BCUT2D eigenvalue weighted by molar-refractivity contribution is -0.143. The zero-order valence-electron chi connectivity index (χ0n) is 23.1. The molecule has 0 spiro atoms. The Morgan fingerprint density at radius 3 is 2.55 bits per heavy atom. The summed E-state index contributed by atoms with van der Waals surface area (Å²) in [6, 6.07) is 19.4. The van der Waals surface area contributed by atoms with E-state index in [1.54, 1.807) is 17.7 Å².